The first-order valence-corrected chi connectivity index (χ1v) is 8.00. The van der Waals surface area contributed by atoms with Crippen molar-refractivity contribution in [3.05, 3.63) is 29.6 Å². The van der Waals surface area contributed by atoms with Crippen molar-refractivity contribution in [2.75, 3.05) is 25.1 Å². The van der Waals surface area contributed by atoms with E-state index in [4.69, 9.17) is 14.0 Å². The fourth-order valence-corrected chi connectivity index (χ4v) is 2.43. The number of nitrogens with zero attached hydrogens (tertiary/aromatic N) is 2. The molecule has 1 aliphatic rings. The van der Waals surface area contributed by atoms with Gasteiger partial charge >= 0.3 is 0 Å². The van der Waals surface area contributed by atoms with Crippen LogP contribution in [0, 0.1) is 6.92 Å². The highest BCUT2D eigenvalue weighted by Gasteiger charge is 2.25. The van der Waals surface area contributed by atoms with Gasteiger partial charge in [-0.05, 0) is 18.6 Å². The number of anilines is 1. The summed E-state index contributed by atoms with van der Waals surface area (Å²) >= 11 is 0. The van der Waals surface area contributed by atoms with Crippen LogP contribution < -0.4 is 5.32 Å². The smallest absolute Gasteiger partial charge is 0.260 e. The number of hydrogen-bond acceptors (Lipinski definition) is 6. The normalized spacial score (nSPS) is 17.9. The summed E-state index contributed by atoms with van der Waals surface area (Å²) in [5, 5.41) is 6.90. The molecule has 0 radical (unpaired) electrons. The highest BCUT2D eigenvalue weighted by molar-refractivity contribution is 5.98. The molecule has 3 rings (SSSR count). The molecule has 0 aliphatic carbocycles. The van der Waals surface area contributed by atoms with Gasteiger partial charge in [0.2, 0.25) is 0 Å². The molecule has 1 aromatic heterocycles. The van der Waals surface area contributed by atoms with E-state index in [1.54, 1.807) is 0 Å². The van der Waals surface area contributed by atoms with Crippen LogP contribution in [0.15, 0.2) is 22.7 Å². The second-order valence-electron chi connectivity index (χ2n) is 6.03. The van der Waals surface area contributed by atoms with Gasteiger partial charge in [-0.2, -0.15) is 4.98 Å². The Kier molecular flexibility index (Phi) is 4.92. The Hall–Kier alpha value is -2.25. The number of hydrogen-bond donors (Lipinski definition) is 1. The monoisotopic (exact) mass is 331 g/mol. The largest absolute Gasteiger partial charge is 0.376 e. The molecule has 1 aromatic carbocycles. The molecule has 1 fully saturated rings. The SMILES string of the molecule is Cc1cccc(-c2nc(C(C)C)no2)c1NC(=O)[C@@H]1COCCO1. The minimum absolute atomic E-state index is 0.165. The van der Waals surface area contributed by atoms with Crippen LogP contribution >= 0.6 is 0 Å². The Balaban J connectivity index is 1.88. The van der Waals surface area contributed by atoms with E-state index in [-0.39, 0.29) is 18.4 Å². The van der Waals surface area contributed by atoms with Crippen LogP contribution in [0.1, 0.15) is 31.2 Å². The minimum Gasteiger partial charge on any atom is -0.376 e. The Morgan fingerprint density at radius 2 is 2.17 bits per heavy atom. The topological polar surface area (TPSA) is 86.5 Å². The second-order valence-corrected chi connectivity index (χ2v) is 6.03. The summed E-state index contributed by atoms with van der Waals surface area (Å²) in [4.78, 5) is 16.9. The van der Waals surface area contributed by atoms with Crippen molar-refractivity contribution in [1.29, 1.82) is 0 Å². The highest BCUT2D eigenvalue weighted by atomic mass is 16.6. The zero-order chi connectivity index (χ0) is 17.1. The zero-order valence-electron chi connectivity index (χ0n) is 14.0. The van der Waals surface area contributed by atoms with Crippen LogP contribution in [0.2, 0.25) is 0 Å². The molecule has 1 amide bonds. The number of amides is 1. The number of carbonyl (C=O) groups is 1. The van der Waals surface area contributed by atoms with Gasteiger partial charge in [0.05, 0.1) is 31.1 Å². The third kappa shape index (κ3) is 3.47. The van der Waals surface area contributed by atoms with Gasteiger partial charge in [-0.1, -0.05) is 31.1 Å². The molecule has 0 unspecified atom stereocenters. The third-order valence-corrected chi connectivity index (χ3v) is 3.82. The van der Waals surface area contributed by atoms with Gasteiger partial charge in [0.15, 0.2) is 11.9 Å². The number of ether oxygens (including phenoxy) is 2. The summed E-state index contributed by atoms with van der Waals surface area (Å²) in [7, 11) is 0. The van der Waals surface area contributed by atoms with E-state index in [1.165, 1.54) is 0 Å². The summed E-state index contributed by atoms with van der Waals surface area (Å²) < 4.78 is 16.1. The van der Waals surface area contributed by atoms with Crippen molar-refractivity contribution in [1.82, 2.24) is 10.1 Å². The number of aryl methyl sites for hydroxylation is 1. The molecule has 1 atom stereocenters. The molecule has 0 saturated carbocycles. The first kappa shape index (κ1) is 16.6. The van der Waals surface area contributed by atoms with Crippen LogP contribution in [-0.2, 0) is 14.3 Å². The van der Waals surface area contributed by atoms with Gasteiger partial charge < -0.3 is 19.3 Å². The molecular weight excluding hydrogens is 310 g/mol. The summed E-state index contributed by atoms with van der Waals surface area (Å²) in [6.45, 7) is 7.09. The van der Waals surface area contributed by atoms with Crippen LogP contribution in [0.4, 0.5) is 5.69 Å². The van der Waals surface area contributed by atoms with Crippen molar-refractivity contribution in [3.63, 3.8) is 0 Å². The lowest BCUT2D eigenvalue weighted by molar-refractivity contribution is -0.142. The first-order valence-electron chi connectivity index (χ1n) is 8.00. The number of para-hydroxylation sites is 1. The fraction of sp³-hybridized carbons (Fsp3) is 0.471. The van der Waals surface area contributed by atoms with Gasteiger partial charge in [-0.15, -0.1) is 0 Å². The molecular formula is C17H21N3O4. The Bertz CT molecular complexity index is 720. The predicted octanol–water partition coefficient (Wildman–Crippen LogP) is 2.52. The summed E-state index contributed by atoms with van der Waals surface area (Å²) in [6.07, 6.45) is -0.611. The van der Waals surface area contributed by atoms with Crippen LogP contribution in [0.25, 0.3) is 11.5 Å². The van der Waals surface area contributed by atoms with Gasteiger partial charge in [0.1, 0.15) is 0 Å². The van der Waals surface area contributed by atoms with E-state index in [9.17, 15) is 4.79 Å². The summed E-state index contributed by atoms with van der Waals surface area (Å²) in [5.41, 5.74) is 2.25. The second kappa shape index (κ2) is 7.11. The fourth-order valence-electron chi connectivity index (χ4n) is 2.43. The quantitative estimate of drug-likeness (QED) is 0.926. The van der Waals surface area contributed by atoms with Crippen LogP contribution in [-0.4, -0.2) is 42.0 Å². The van der Waals surface area contributed by atoms with Crippen molar-refractivity contribution in [3.8, 4) is 11.5 Å². The van der Waals surface area contributed by atoms with Crippen molar-refractivity contribution >= 4 is 11.6 Å². The summed E-state index contributed by atoms with van der Waals surface area (Å²) in [6, 6.07) is 5.65. The minimum atomic E-state index is -0.611. The molecule has 24 heavy (non-hydrogen) atoms. The lowest BCUT2D eigenvalue weighted by atomic mass is 10.1. The molecule has 2 heterocycles. The van der Waals surface area contributed by atoms with Crippen molar-refractivity contribution in [2.24, 2.45) is 0 Å². The van der Waals surface area contributed by atoms with E-state index in [1.807, 2.05) is 39.0 Å². The Morgan fingerprint density at radius 1 is 1.33 bits per heavy atom. The molecule has 1 saturated heterocycles. The molecule has 0 bridgehead atoms. The van der Waals surface area contributed by atoms with Crippen molar-refractivity contribution in [2.45, 2.75) is 32.8 Å². The molecule has 7 nitrogen and oxygen atoms in total. The average Bonchev–Trinajstić information content (AvgIpc) is 3.07. The third-order valence-electron chi connectivity index (χ3n) is 3.82. The van der Waals surface area contributed by atoms with Gasteiger partial charge in [0.25, 0.3) is 11.8 Å². The average molecular weight is 331 g/mol. The molecule has 2 aromatic rings. The molecule has 1 aliphatic heterocycles. The maximum atomic E-state index is 12.4. The number of nitrogens with one attached hydrogen (secondary N) is 1. The lowest BCUT2D eigenvalue weighted by Gasteiger charge is -2.23. The molecule has 128 valence electrons. The highest BCUT2D eigenvalue weighted by Crippen LogP contribution is 2.30. The maximum Gasteiger partial charge on any atom is 0.260 e. The van der Waals surface area contributed by atoms with Crippen molar-refractivity contribution < 1.29 is 18.8 Å². The van der Waals surface area contributed by atoms with E-state index in [0.29, 0.717) is 36.2 Å². The Morgan fingerprint density at radius 3 is 2.83 bits per heavy atom. The Labute approximate surface area is 140 Å². The standard InChI is InChI=1S/C17H21N3O4/c1-10(2)15-19-17(24-20-15)12-6-4-5-11(3)14(12)18-16(21)13-9-22-7-8-23-13/h4-6,10,13H,7-9H2,1-3H3,(H,18,21)/t13-/m0/s1. The van der Waals surface area contributed by atoms with E-state index in [2.05, 4.69) is 15.5 Å². The molecule has 7 heteroatoms. The van der Waals surface area contributed by atoms with Gasteiger partial charge in [-0.25, -0.2) is 0 Å². The van der Waals surface area contributed by atoms with Crippen LogP contribution in [0.3, 0.4) is 0 Å². The van der Waals surface area contributed by atoms with Gasteiger partial charge in [-0.3, -0.25) is 4.79 Å². The van der Waals surface area contributed by atoms with E-state index >= 15 is 0 Å². The number of benzene rings is 1. The first-order chi connectivity index (χ1) is 11.6. The van der Waals surface area contributed by atoms with E-state index < -0.39 is 6.10 Å². The summed E-state index contributed by atoms with van der Waals surface area (Å²) in [5.74, 6) is 0.943. The lowest BCUT2D eigenvalue weighted by Crippen LogP contribution is -2.39. The number of rotatable bonds is 4. The predicted molar refractivity (Wildman–Crippen MR) is 87.7 cm³/mol. The number of carbonyl (C=O) groups excluding carboxylic acids is 1. The maximum absolute atomic E-state index is 12.4. The van der Waals surface area contributed by atoms with Crippen LogP contribution in [0.5, 0.6) is 0 Å². The molecule has 0 spiro atoms. The molecule has 1 N–H and O–H groups in total. The number of aromatic nitrogens is 2. The zero-order valence-corrected chi connectivity index (χ0v) is 14.0. The van der Waals surface area contributed by atoms with E-state index in [0.717, 1.165) is 5.56 Å². The van der Waals surface area contributed by atoms with Gasteiger partial charge in [0, 0.05) is 5.92 Å².